The van der Waals surface area contributed by atoms with Gasteiger partial charge in [-0.2, -0.15) is 0 Å². The maximum atomic E-state index is 14.6. The number of hydrogen-bond donors (Lipinski definition) is 2. The molecule has 0 aliphatic carbocycles. The zero-order chi connectivity index (χ0) is 20.5. The predicted molar refractivity (Wildman–Crippen MR) is 105 cm³/mol. The van der Waals surface area contributed by atoms with Crippen LogP contribution in [-0.2, 0) is 5.54 Å². The molecular weight excluding hydrogens is 413 g/mol. The number of nitrogens with two attached hydrogens (primary N) is 1. The van der Waals surface area contributed by atoms with Gasteiger partial charge in [-0.15, -0.1) is 0 Å². The first kappa shape index (κ1) is 20.5. The first-order valence-corrected chi connectivity index (χ1v) is 9.50. The highest BCUT2D eigenvalue weighted by Gasteiger charge is 2.41. The number of anilines is 1. The molecule has 1 aliphatic rings. The Morgan fingerprint density at radius 1 is 1.43 bits per heavy atom. The molecule has 10 heteroatoms. The summed E-state index contributed by atoms with van der Waals surface area (Å²) in [5.74, 6) is -3.11. The molecule has 0 radical (unpaired) electrons. The molecule has 0 bridgehead atoms. The van der Waals surface area contributed by atoms with Crippen LogP contribution >= 0.6 is 23.4 Å². The molecule has 3 rings (SSSR count). The number of amidine groups is 1. The monoisotopic (exact) mass is 428 g/mol. The Bertz CT molecular complexity index is 941. The second kappa shape index (κ2) is 8.00. The van der Waals surface area contributed by atoms with E-state index in [1.54, 1.807) is 6.92 Å². The van der Waals surface area contributed by atoms with Crippen molar-refractivity contribution in [1.82, 2.24) is 4.98 Å². The highest BCUT2D eigenvalue weighted by Crippen LogP contribution is 2.42. The lowest BCUT2D eigenvalue weighted by Gasteiger charge is -2.34. The Morgan fingerprint density at radius 3 is 2.79 bits per heavy atom. The van der Waals surface area contributed by atoms with E-state index in [1.807, 2.05) is 0 Å². The summed E-state index contributed by atoms with van der Waals surface area (Å²) in [6.45, 7) is 0.730. The molecule has 1 aliphatic heterocycles. The Labute approximate surface area is 168 Å². The molecule has 148 valence electrons. The number of carbonyl (C=O) groups excluding carboxylic acids is 1. The molecule has 0 saturated heterocycles. The average molecular weight is 429 g/mol. The highest BCUT2D eigenvalue weighted by molar-refractivity contribution is 8.14. The fraction of sp³-hybridized carbons (Fsp3) is 0.278. The Morgan fingerprint density at radius 2 is 2.18 bits per heavy atom. The van der Waals surface area contributed by atoms with Crippen molar-refractivity contribution in [3.63, 3.8) is 0 Å². The molecule has 28 heavy (non-hydrogen) atoms. The summed E-state index contributed by atoms with van der Waals surface area (Å²) in [4.78, 5) is 20.2. The fourth-order valence-corrected chi connectivity index (χ4v) is 4.15. The Balaban J connectivity index is 2.00. The van der Waals surface area contributed by atoms with Crippen LogP contribution in [0.15, 0.2) is 35.5 Å². The van der Waals surface area contributed by atoms with Crippen molar-refractivity contribution in [2.24, 2.45) is 10.7 Å². The first-order chi connectivity index (χ1) is 13.2. The Hall–Kier alpha value is -2.26. The molecule has 5 nitrogen and oxygen atoms in total. The van der Waals surface area contributed by atoms with Gasteiger partial charge in [0.15, 0.2) is 16.8 Å². The number of nitrogens with zero attached hydrogens (tertiary/aromatic N) is 2. The minimum atomic E-state index is -1.65. The zero-order valence-electron chi connectivity index (χ0n) is 14.7. The van der Waals surface area contributed by atoms with Gasteiger partial charge in [0.25, 0.3) is 5.91 Å². The number of pyridine rings is 1. The van der Waals surface area contributed by atoms with Crippen LogP contribution in [0.25, 0.3) is 0 Å². The third-order valence-corrected chi connectivity index (χ3v) is 5.37. The number of rotatable bonds is 4. The lowest BCUT2D eigenvalue weighted by Crippen LogP contribution is -2.37. The van der Waals surface area contributed by atoms with Gasteiger partial charge in [0.1, 0.15) is 17.9 Å². The maximum absolute atomic E-state index is 14.6. The molecule has 2 heterocycles. The number of alkyl halides is 1. The van der Waals surface area contributed by atoms with E-state index in [-0.39, 0.29) is 33.8 Å². The summed E-state index contributed by atoms with van der Waals surface area (Å²) in [6.07, 6.45) is 1.41. The second-order valence-electron chi connectivity index (χ2n) is 6.38. The molecule has 1 amide bonds. The second-order valence-corrected chi connectivity index (χ2v) is 8.28. The van der Waals surface area contributed by atoms with Gasteiger partial charge in [-0.1, -0.05) is 30.3 Å². The largest absolute Gasteiger partial charge is 0.379 e. The van der Waals surface area contributed by atoms with Crippen LogP contribution in [0.3, 0.4) is 0 Å². The van der Waals surface area contributed by atoms with Crippen molar-refractivity contribution >= 4 is 40.1 Å². The SMILES string of the molecule is C[C@@H]1C[C@@](CF)(c2cc(NC(=O)c3ccc(Cl)cn3)cc(F)c2F)N=C(N)S1. The van der Waals surface area contributed by atoms with Crippen molar-refractivity contribution in [2.45, 2.75) is 24.1 Å². The summed E-state index contributed by atoms with van der Waals surface area (Å²) in [7, 11) is 0. The summed E-state index contributed by atoms with van der Waals surface area (Å²) >= 11 is 6.96. The third-order valence-electron chi connectivity index (χ3n) is 4.24. The number of nitrogens with one attached hydrogen (secondary N) is 1. The van der Waals surface area contributed by atoms with Gasteiger partial charge in [0.05, 0.1) is 5.02 Å². The topological polar surface area (TPSA) is 80.4 Å². The van der Waals surface area contributed by atoms with Crippen molar-refractivity contribution in [2.75, 3.05) is 12.0 Å². The zero-order valence-corrected chi connectivity index (χ0v) is 16.3. The molecule has 2 atom stereocenters. The molecular formula is C18H16ClF3N4OS. The molecule has 1 aromatic heterocycles. The van der Waals surface area contributed by atoms with E-state index in [0.717, 1.165) is 6.07 Å². The van der Waals surface area contributed by atoms with Gasteiger partial charge in [0.2, 0.25) is 0 Å². The fourth-order valence-electron chi connectivity index (χ4n) is 3.04. The van der Waals surface area contributed by atoms with Crippen LogP contribution in [-0.4, -0.2) is 28.0 Å². The number of benzene rings is 1. The normalized spacial score (nSPS) is 21.9. The number of thioether (sulfide) groups is 1. The van der Waals surface area contributed by atoms with Gasteiger partial charge in [0, 0.05) is 28.8 Å². The molecule has 2 aromatic rings. The van der Waals surface area contributed by atoms with Crippen molar-refractivity contribution < 1.29 is 18.0 Å². The summed E-state index contributed by atoms with van der Waals surface area (Å²) in [6, 6.07) is 4.83. The van der Waals surface area contributed by atoms with Crippen LogP contribution < -0.4 is 11.1 Å². The molecule has 0 spiro atoms. The van der Waals surface area contributed by atoms with E-state index in [9.17, 15) is 18.0 Å². The number of halogens is 4. The van der Waals surface area contributed by atoms with E-state index in [0.29, 0.717) is 5.02 Å². The predicted octanol–water partition coefficient (Wildman–Crippen LogP) is 4.27. The van der Waals surface area contributed by atoms with Crippen molar-refractivity contribution in [1.29, 1.82) is 0 Å². The van der Waals surface area contributed by atoms with Crippen LogP contribution in [0.4, 0.5) is 18.9 Å². The maximum Gasteiger partial charge on any atom is 0.274 e. The first-order valence-electron chi connectivity index (χ1n) is 8.24. The van der Waals surface area contributed by atoms with Crippen LogP contribution in [0.2, 0.25) is 5.02 Å². The number of carbonyl (C=O) groups is 1. The number of hydrogen-bond acceptors (Lipinski definition) is 5. The minimum Gasteiger partial charge on any atom is -0.379 e. The third kappa shape index (κ3) is 4.10. The lowest BCUT2D eigenvalue weighted by molar-refractivity contribution is 0.102. The lowest BCUT2D eigenvalue weighted by atomic mass is 9.86. The highest BCUT2D eigenvalue weighted by atomic mass is 35.5. The van der Waals surface area contributed by atoms with Gasteiger partial charge in [-0.3, -0.25) is 4.79 Å². The smallest absolute Gasteiger partial charge is 0.274 e. The van der Waals surface area contributed by atoms with E-state index in [4.69, 9.17) is 17.3 Å². The standard InChI is InChI=1S/C18H16ClF3N4OS/c1-9-6-18(8-20,26-17(23)28-9)12-4-11(5-13(21)15(12)22)25-16(27)14-3-2-10(19)7-24-14/h2-5,7,9H,6,8H2,1H3,(H2,23,26)(H,25,27)/t9-,18-/m1/s1. The van der Waals surface area contributed by atoms with Crippen molar-refractivity contribution in [3.05, 3.63) is 58.4 Å². The molecule has 0 fully saturated rings. The van der Waals surface area contributed by atoms with Gasteiger partial charge >= 0.3 is 0 Å². The van der Waals surface area contributed by atoms with Gasteiger partial charge in [-0.05, 0) is 24.6 Å². The van der Waals surface area contributed by atoms with E-state index >= 15 is 0 Å². The Kier molecular flexibility index (Phi) is 5.85. The van der Waals surface area contributed by atoms with Gasteiger partial charge < -0.3 is 11.1 Å². The van der Waals surface area contributed by atoms with E-state index in [2.05, 4.69) is 15.3 Å². The molecule has 0 saturated carbocycles. The number of aliphatic imine (C=N–C) groups is 1. The van der Waals surface area contributed by atoms with E-state index in [1.165, 1.54) is 36.2 Å². The number of aromatic nitrogens is 1. The van der Waals surface area contributed by atoms with Crippen LogP contribution in [0, 0.1) is 11.6 Å². The molecule has 1 aromatic carbocycles. The van der Waals surface area contributed by atoms with Crippen molar-refractivity contribution in [3.8, 4) is 0 Å². The van der Waals surface area contributed by atoms with Gasteiger partial charge in [-0.25, -0.2) is 23.1 Å². The minimum absolute atomic E-state index is 0.0286. The summed E-state index contributed by atoms with van der Waals surface area (Å²) < 4.78 is 42.8. The number of amides is 1. The van der Waals surface area contributed by atoms with Crippen LogP contribution in [0.5, 0.6) is 0 Å². The summed E-state index contributed by atoms with van der Waals surface area (Å²) in [5, 5.41) is 2.72. The van der Waals surface area contributed by atoms with E-state index < -0.39 is 29.8 Å². The molecule has 0 unspecified atom stereocenters. The molecule has 3 N–H and O–H groups in total. The summed E-state index contributed by atoms with van der Waals surface area (Å²) in [5.41, 5.74) is 3.77. The quantitative estimate of drug-likeness (QED) is 0.762. The van der Waals surface area contributed by atoms with Crippen LogP contribution in [0.1, 0.15) is 29.4 Å². The average Bonchev–Trinajstić information content (AvgIpc) is 2.64.